The normalized spacial score (nSPS) is 21.5. The maximum atomic E-state index is 5.17. The van der Waals surface area contributed by atoms with Gasteiger partial charge in [0.1, 0.15) is 0 Å². The summed E-state index contributed by atoms with van der Waals surface area (Å²) in [5.41, 5.74) is 2.48. The van der Waals surface area contributed by atoms with E-state index in [-0.39, 0.29) is 0 Å². The minimum Gasteiger partial charge on any atom is -0.361 e. The quantitative estimate of drug-likeness (QED) is 0.646. The van der Waals surface area contributed by atoms with Gasteiger partial charge in [0.2, 0.25) is 0 Å². The molecule has 0 aromatic carbocycles. The van der Waals surface area contributed by atoms with Gasteiger partial charge in [-0.05, 0) is 24.1 Å². The molecule has 2 heterocycles. The molecule has 0 spiro atoms. The molecule has 0 fully saturated rings. The highest BCUT2D eigenvalue weighted by atomic mass is 32.2. The van der Waals surface area contributed by atoms with E-state index in [0.717, 1.165) is 13.0 Å². The first-order valence-corrected chi connectivity index (χ1v) is 5.05. The molecule has 68 valence electrons. The van der Waals surface area contributed by atoms with E-state index in [1.54, 1.807) is 0 Å². The lowest BCUT2D eigenvalue weighted by molar-refractivity contribution is 0.376. The van der Waals surface area contributed by atoms with Crippen molar-refractivity contribution >= 4 is 12.0 Å². The minimum absolute atomic E-state index is 0.795. The van der Waals surface area contributed by atoms with Crippen molar-refractivity contribution in [3.63, 3.8) is 0 Å². The van der Waals surface area contributed by atoms with Gasteiger partial charge in [-0.1, -0.05) is 12.2 Å². The van der Waals surface area contributed by atoms with E-state index in [9.17, 15) is 0 Å². The molecule has 0 bridgehead atoms. The first-order valence-electron chi connectivity index (χ1n) is 4.24. The predicted molar refractivity (Wildman–Crippen MR) is 55.7 cm³/mol. The van der Waals surface area contributed by atoms with Crippen LogP contribution in [-0.2, 0) is 4.18 Å². The van der Waals surface area contributed by atoms with E-state index >= 15 is 0 Å². The van der Waals surface area contributed by atoms with Crippen molar-refractivity contribution < 1.29 is 4.18 Å². The van der Waals surface area contributed by atoms with Gasteiger partial charge in [-0.2, -0.15) is 0 Å². The topological polar surface area (TPSA) is 21.3 Å². The fraction of sp³-hybridized carbons (Fsp3) is 0.200. The lowest BCUT2D eigenvalue weighted by Crippen LogP contribution is -2.09. The molecule has 0 unspecified atom stereocenters. The Bertz CT molecular complexity index is 302. The molecule has 2 aliphatic rings. The highest BCUT2D eigenvalue weighted by Crippen LogP contribution is 2.23. The summed E-state index contributed by atoms with van der Waals surface area (Å²) in [7, 11) is 0. The molecule has 2 rings (SSSR count). The van der Waals surface area contributed by atoms with Gasteiger partial charge in [-0.3, -0.25) is 0 Å². The number of hydrogen-bond acceptors (Lipinski definition) is 3. The van der Waals surface area contributed by atoms with Crippen LogP contribution >= 0.6 is 12.0 Å². The third-order valence-corrected chi connectivity index (χ3v) is 2.56. The van der Waals surface area contributed by atoms with Crippen LogP contribution in [-0.4, -0.2) is 6.61 Å². The summed E-state index contributed by atoms with van der Waals surface area (Å²) in [6.07, 6.45) is 11.0. The van der Waals surface area contributed by atoms with Crippen molar-refractivity contribution in [3.05, 3.63) is 47.2 Å². The first-order chi connectivity index (χ1) is 6.47. The second-order valence-corrected chi connectivity index (χ2v) is 3.44. The van der Waals surface area contributed by atoms with Crippen LogP contribution in [0.5, 0.6) is 0 Å². The molecule has 2 nitrogen and oxygen atoms in total. The van der Waals surface area contributed by atoms with Gasteiger partial charge in [-0.15, -0.1) is 0 Å². The number of allylic oxidation sites excluding steroid dienone is 5. The average Bonchev–Trinajstić information content (AvgIpc) is 2.47. The van der Waals surface area contributed by atoms with Crippen LogP contribution in [0.4, 0.5) is 0 Å². The molecule has 0 aliphatic carbocycles. The zero-order chi connectivity index (χ0) is 8.93. The molecule has 0 atom stereocenters. The van der Waals surface area contributed by atoms with E-state index < -0.39 is 0 Å². The standard InChI is InChI=1S/C10H11NOS/c1-2-4-10(11-6-3-1)9-5-7-12-13-8-9/h1-4,6,8,11H,5,7H2. The molecule has 3 heteroatoms. The largest absolute Gasteiger partial charge is 0.361 e. The summed E-state index contributed by atoms with van der Waals surface area (Å²) in [5, 5.41) is 5.28. The van der Waals surface area contributed by atoms with Gasteiger partial charge in [0.05, 0.1) is 6.61 Å². The number of hydrogen-bond donors (Lipinski definition) is 1. The van der Waals surface area contributed by atoms with E-state index in [0.29, 0.717) is 0 Å². The van der Waals surface area contributed by atoms with Crippen molar-refractivity contribution in [1.82, 2.24) is 5.32 Å². The predicted octanol–water partition coefficient (Wildman–Crippen LogP) is 2.50. The second-order valence-electron chi connectivity index (χ2n) is 2.78. The fourth-order valence-corrected chi connectivity index (χ4v) is 1.81. The van der Waals surface area contributed by atoms with Gasteiger partial charge in [0, 0.05) is 29.3 Å². The zero-order valence-corrected chi connectivity index (χ0v) is 8.01. The van der Waals surface area contributed by atoms with Gasteiger partial charge in [-0.25, -0.2) is 0 Å². The summed E-state index contributed by atoms with van der Waals surface area (Å²) in [6.45, 7) is 0.795. The highest BCUT2D eigenvalue weighted by molar-refractivity contribution is 7.97. The molecule has 0 aromatic rings. The molecule has 0 saturated carbocycles. The molecule has 13 heavy (non-hydrogen) atoms. The maximum Gasteiger partial charge on any atom is 0.0659 e. The zero-order valence-electron chi connectivity index (χ0n) is 7.19. The van der Waals surface area contributed by atoms with Crippen LogP contribution < -0.4 is 5.32 Å². The van der Waals surface area contributed by atoms with Gasteiger partial charge < -0.3 is 9.50 Å². The van der Waals surface area contributed by atoms with Crippen molar-refractivity contribution in [2.24, 2.45) is 0 Å². The van der Waals surface area contributed by atoms with Crippen LogP contribution in [0.1, 0.15) is 6.42 Å². The SMILES string of the molecule is C1=CC=C(C2=CSOCC2)NC=C1. The van der Waals surface area contributed by atoms with Gasteiger partial charge in [0.15, 0.2) is 0 Å². The Morgan fingerprint density at radius 3 is 3.15 bits per heavy atom. The molecule has 0 amide bonds. The van der Waals surface area contributed by atoms with Crippen molar-refractivity contribution in [3.8, 4) is 0 Å². The van der Waals surface area contributed by atoms with Crippen LogP contribution in [0.2, 0.25) is 0 Å². The Morgan fingerprint density at radius 2 is 2.31 bits per heavy atom. The van der Waals surface area contributed by atoms with Crippen LogP contribution in [0, 0.1) is 0 Å². The third-order valence-electron chi connectivity index (χ3n) is 1.88. The Kier molecular flexibility index (Phi) is 2.90. The summed E-state index contributed by atoms with van der Waals surface area (Å²) in [5.74, 6) is 0. The Hall–Kier alpha value is -0.930. The summed E-state index contributed by atoms with van der Waals surface area (Å²) >= 11 is 1.41. The maximum absolute atomic E-state index is 5.17. The lowest BCUT2D eigenvalue weighted by atomic mass is 10.1. The molecule has 1 N–H and O–H groups in total. The number of nitrogens with one attached hydrogen (secondary N) is 1. The Balaban J connectivity index is 2.15. The van der Waals surface area contributed by atoms with Gasteiger partial charge in [0.25, 0.3) is 0 Å². The molecular weight excluding hydrogens is 182 g/mol. The van der Waals surface area contributed by atoms with Gasteiger partial charge >= 0.3 is 0 Å². The fourth-order valence-electron chi connectivity index (χ4n) is 1.21. The van der Waals surface area contributed by atoms with E-state index in [1.807, 2.05) is 24.4 Å². The van der Waals surface area contributed by atoms with E-state index in [1.165, 1.54) is 23.3 Å². The average molecular weight is 193 g/mol. The van der Waals surface area contributed by atoms with Crippen molar-refractivity contribution in [2.75, 3.05) is 6.61 Å². The Labute approximate surface area is 82.2 Å². The second kappa shape index (κ2) is 4.35. The smallest absolute Gasteiger partial charge is 0.0659 e. The summed E-state index contributed by atoms with van der Waals surface area (Å²) in [4.78, 5) is 0. The molecule has 0 radical (unpaired) electrons. The molecule has 0 saturated heterocycles. The summed E-state index contributed by atoms with van der Waals surface area (Å²) in [6, 6.07) is 0. The molecule has 0 aromatic heterocycles. The summed E-state index contributed by atoms with van der Waals surface area (Å²) < 4.78 is 5.17. The first kappa shape index (κ1) is 8.66. The lowest BCUT2D eigenvalue weighted by Gasteiger charge is -2.14. The third kappa shape index (κ3) is 2.26. The Morgan fingerprint density at radius 1 is 1.31 bits per heavy atom. The monoisotopic (exact) mass is 193 g/mol. The molecule has 2 aliphatic heterocycles. The highest BCUT2D eigenvalue weighted by Gasteiger charge is 2.08. The van der Waals surface area contributed by atoms with Crippen LogP contribution in [0.25, 0.3) is 0 Å². The van der Waals surface area contributed by atoms with Crippen LogP contribution in [0.15, 0.2) is 47.2 Å². The minimum atomic E-state index is 0.795. The number of rotatable bonds is 1. The van der Waals surface area contributed by atoms with Crippen molar-refractivity contribution in [2.45, 2.75) is 6.42 Å². The van der Waals surface area contributed by atoms with Crippen LogP contribution in [0.3, 0.4) is 0 Å². The van der Waals surface area contributed by atoms with E-state index in [4.69, 9.17) is 4.18 Å². The van der Waals surface area contributed by atoms with Crippen molar-refractivity contribution in [1.29, 1.82) is 0 Å². The molecular formula is C10H11NOS. The van der Waals surface area contributed by atoms with E-state index in [2.05, 4.69) is 16.8 Å².